The first kappa shape index (κ1) is 7.99. The molecule has 0 aliphatic heterocycles. The minimum absolute atomic E-state index is 0.495. The second-order valence-corrected chi connectivity index (χ2v) is 2.24. The third-order valence-electron chi connectivity index (χ3n) is 0.572. The van der Waals surface area contributed by atoms with Crippen LogP contribution in [0.25, 0.3) is 0 Å². The summed E-state index contributed by atoms with van der Waals surface area (Å²) in [4.78, 5) is 3.66. The first-order valence-electron chi connectivity index (χ1n) is 2.12. The smallest absolute Gasteiger partial charge is 0.0726 e. The second kappa shape index (κ2) is 3.93. The Bertz CT molecular complexity index is 122. The van der Waals surface area contributed by atoms with Crippen LogP contribution in [0, 0.1) is 0 Å². The zero-order valence-electron chi connectivity index (χ0n) is 4.78. The van der Waals surface area contributed by atoms with Crippen molar-refractivity contribution < 1.29 is 0 Å². The van der Waals surface area contributed by atoms with E-state index < -0.39 is 0 Å². The van der Waals surface area contributed by atoms with Crippen LogP contribution in [0.5, 0.6) is 0 Å². The minimum Gasteiger partial charge on any atom is -0.295 e. The Morgan fingerprint density at radius 3 is 2.12 bits per heavy atom. The van der Waals surface area contributed by atoms with Gasteiger partial charge in [-0.05, 0) is 6.92 Å². The first-order chi connectivity index (χ1) is 3.68. The Hall–Kier alpha value is -0.0100. The van der Waals surface area contributed by atoms with E-state index in [2.05, 4.69) is 4.99 Å². The summed E-state index contributed by atoms with van der Waals surface area (Å²) in [6, 6.07) is 0. The molecular weight excluding hydrogens is 145 g/mol. The number of allylic oxidation sites excluding steroid dienone is 2. The Morgan fingerprint density at radius 1 is 1.50 bits per heavy atom. The summed E-state index contributed by atoms with van der Waals surface area (Å²) in [7, 11) is 1.64. The maximum atomic E-state index is 5.51. The van der Waals surface area contributed by atoms with E-state index in [0.29, 0.717) is 10.1 Å². The van der Waals surface area contributed by atoms with Crippen molar-refractivity contribution >= 4 is 29.4 Å². The van der Waals surface area contributed by atoms with Crippen LogP contribution < -0.4 is 0 Å². The van der Waals surface area contributed by atoms with E-state index in [9.17, 15) is 0 Å². The molecule has 0 atom stereocenters. The fraction of sp³-hybridized carbons (Fsp3) is 0.400. The van der Waals surface area contributed by atoms with Crippen LogP contribution >= 0.6 is 23.2 Å². The van der Waals surface area contributed by atoms with Crippen molar-refractivity contribution in [1.29, 1.82) is 0 Å². The molecule has 0 bridgehead atoms. The lowest BCUT2D eigenvalue weighted by atomic mass is 10.5. The summed E-state index contributed by atoms with van der Waals surface area (Å²) in [5.74, 6) is 0. The van der Waals surface area contributed by atoms with Gasteiger partial charge in [0, 0.05) is 18.3 Å². The molecule has 0 aromatic heterocycles. The van der Waals surface area contributed by atoms with Crippen LogP contribution in [0.3, 0.4) is 0 Å². The lowest BCUT2D eigenvalue weighted by Gasteiger charge is -1.85. The molecule has 0 aliphatic rings. The Balaban J connectivity index is 4.00. The summed E-state index contributed by atoms with van der Waals surface area (Å²) in [6.07, 6.45) is 1.50. The summed E-state index contributed by atoms with van der Waals surface area (Å²) in [5.41, 5.74) is 0. The van der Waals surface area contributed by atoms with Crippen molar-refractivity contribution in [3.8, 4) is 0 Å². The predicted molar refractivity (Wildman–Crippen MR) is 38.8 cm³/mol. The third kappa shape index (κ3) is 3.05. The lowest BCUT2D eigenvalue weighted by Crippen LogP contribution is -1.73. The molecule has 0 saturated carbocycles. The van der Waals surface area contributed by atoms with Gasteiger partial charge in [-0.3, -0.25) is 4.99 Å². The van der Waals surface area contributed by atoms with Gasteiger partial charge in [0.05, 0.1) is 5.03 Å². The molecule has 0 rings (SSSR count). The quantitative estimate of drug-likeness (QED) is 0.511. The van der Waals surface area contributed by atoms with Gasteiger partial charge in [-0.15, -0.1) is 0 Å². The van der Waals surface area contributed by atoms with E-state index in [4.69, 9.17) is 23.2 Å². The van der Waals surface area contributed by atoms with Gasteiger partial charge < -0.3 is 0 Å². The largest absolute Gasteiger partial charge is 0.295 e. The van der Waals surface area contributed by atoms with Gasteiger partial charge in [0.1, 0.15) is 0 Å². The molecule has 3 heteroatoms. The zero-order chi connectivity index (χ0) is 6.57. The number of hydrogen-bond donors (Lipinski definition) is 0. The van der Waals surface area contributed by atoms with Gasteiger partial charge in [0.15, 0.2) is 0 Å². The van der Waals surface area contributed by atoms with E-state index in [0.717, 1.165) is 0 Å². The molecule has 0 amide bonds. The van der Waals surface area contributed by atoms with Crippen LogP contribution in [0.1, 0.15) is 6.92 Å². The van der Waals surface area contributed by atoms with Crippen molar-refractivity contribution in [3.05, 3.63) is 10.1 Å². The monoisotopic (exact) mass is 151 g/mol. The molecule has 0 radical (unpaired) electrons. The van der Waals surface area contributed by atoms with Crippen LogP contribution in [-0.4, -0.2) is 13.3 Å². The van der Waals surface area contributed by atoms with E-state index in [1.807, 2.05) is 0 Å². The number of nitrogens with zero attached hydrogens (tertiary/aromatic N) is 1. The van der Waals surface area contributed by atoms with Crippen LogP contribution in [0.4, 0.5) is 0 Å². The molecule has 0 spiro atoms. The number of halogens is 2. The van der Waals surface area contributed by atoms with Gasteiger partial charge in [-0.2, -0.15) is 0 Å². The molecule has 0 aliphatic carbocycles. The third-order valence-corrected chi connectivity index (χ3v) is 1.25. The molecule has 1 nitrogen and oxygen atoms in total. The fourth-order valence-corrected chi connectivity index (χ4v) is 0.349. The molecule has 0 unspecified atom stereocenters. The van der Waals surface area contributed by atoms with Crippen molar-refractivity contribution in [2.75, 3.05) is 7.05 Å². The summed E-state index contributed by atoms with van der Waals surface area (Å²) >= 11 is 11.0. The van der Waals surface area contributed by atoms with E-state index in [-0.39, 0.29) is 0 Å². The average Bonchev–Trinajstić information content (AvgIpc) is 1.67. The topological polar surface area (TPSA) is 12.4 Å². The predicted octanol–water partition coefficient (Wildman–Crippen LogP) is 2.40. The van der Waals surface area contributed by atoms with Crippen molar-refractivity contribution in [2.45, 2.75) is 6.92 Å². The molecular formula is C5H7Cl2N. The standard InChI is InChI=1S/C5H7Cl2N/c1-4(6)5(7)3-8-2/h3H,1-2H3/b5-4-,8-3?. The van der Waals surface area contributed by atoms with Crippen LogP contribution in [0.2, 0.25) is 0 Å². The average molecular weight is 152 g/mol. The maximum Gasteiger partial charge on any atom is 0.0726 e. The van der Waals surface area contributed by atoms with E-state index >= 15 is 0 Å². The highest BCUT2D eigenvalue weighted by atomic mass is 35.5. The Morgan fingerprint density at radius 2 is 2.00 bits per heavy atom. The van der Waals surface area contributed by atoms with Crippen molar-refractivity contribution in [3.63, 3.8) is 0 Å². The van der Waals surface area contributed by atoms with Gasteiger partial charge in [0.2, 0.25) is 0 Å². The van der Waals surface area contributed by atoms with Gasteiger partial charge in [-0.25, -0.2) is 0 Å². The summed E-state index contributed by atoms with van der Waals surface area (Å²) < 4.78 is 0. The Labute approximate surface area is 59.0 Å². The normalized spacial score (nSPS) is 14.5. The van der Waals surface area contributed by atoms with Gasteiger partial charge in [0.25, 0.3) is 0 Å². The van der Waals surface area contributed by atoms with Crippen LogP contribution in [0.15, 0.2) is 15.1 Å². The minimum atomic E-state index is 0.495. The molecule has 0 aromatic rings. The number of rotatable bonds is 1. The summed E-state index contributed by atoms with van der Waals surface area (Å²) in [5, 5.41) is 1.06. The SMILES string of the molecule is CN=C/C(Cl)=C(\C)Cl. The molecule has 8 heavy (non-hydrogen) atoms. The van der Waals surface area contributed by atoms with E-state index in [1.54, 1.807) is 14.0 Å². The number of hydrogen-bond acceptors (Lipinski definition) is 1. The fourth-order valence-electron chi connectivity index (χ4n) is 0.202. The lowest BCUT2D eigenvalue weighted by molar-refractivity contribution is 1.47. The molecule has 0 N–H and O–H groups in total. The number of aliphatic imine (C=N–C) groups is 1. The van der Waals surface area contributed by atoms with E-state index in [1.165, 1.54) is 6.21 Å². The Kier molecular flexibility index (Phi) is 3.92. The van der Waals surface area contributed by atoms with Gasteiger partial charge >= 0.3 is 0 Å². The summed E-state index contributed by atoms with van der Waals surface area (Å²) in [6.45, 7) is 1.71. The van der Waals surface area contributed by atoms with Crippen molar-refractivity contribution in [2.24, 2.45) is 4.99 Å². The van der Waals surface area contributed by atoms with Gasteiger partial charge in [-0.1, -0.05) is 23.2 Å². The van der Waals surface area contributed by atoms with Crippen molar-refractivity contribution in [1.82, 2.24) is 0 Å². The zero-order valence-corrected chi connectivity index (χ0v) is 6.29. The highest BCUT2D eigenvalue weighted by molar-refractivity contribution is 6.45. The first-order valence-corrected chi connectivity index (χ1v) is 2.88. The second-order valence-electron chi connectivity index (χ2n) is 1.27. The molecule has 0 saturated heterocycles. The highest BCUT2D eigenvalue weighted by Crippen LogP contribution is 2.09. The van der Waals surface area contributed by atoms with Crippen LogP contribution in [-0.2, 0) is 0 Å². The molecule has 0 aromatic carbocycles. The molecule has 0 heterocycles. The molecule has 0 fully saturated rings. The highest BCUT2D eigenvalue weighted by Gasteiger charge is 1.87. The molecule has 46 valence electrons. The maximum absolute atomic E-state index is 5.51.